The van der Waals surface area contributed by atoms with Crippen molar-refractivity contribution in [2.75, 3.05) is 29.9 Å². The summed E-state index contributed by atoms with van der Waals surface area (Å²) in [7, 11) is 0. The lowest BCUT2D eigenvalue weighted by Gasteiger charge is -2.26. The van der Waals surface area contributed by atoms with Gasteiger partial charge in [0.2, 0.25) is 0 Å². The number of hydrogen-bond donors (Lipinski definition) is 2. The van der Waals surface area contributed by atoms with Crippen LogP contribution in [-0.4, -0.2) is 57.9 Å². The van der Waals surface area contributed by atoms with Crippen LogP contribution in [0.3, 0.4) is 0 Å². The molecule has 9 nitrogen and oxygen atoms in total. The highest BCUT2D eigenvalue weighted by atomic mass is 19.4. The first-order valence-electron chi connectivity index (χ1n) is 12.4. The van der Waals surface area contributed by atoms with E-state index in [0.29, 0.717) is 43.2 Å². The summed E-state index contributed by atoms with van der Waals surface area (Å²) >= 11 is 0. The average Bonchev–Trinajstić information content (AvgIpc) is 3.50. The van der Waals surface area contributed by atoms with Gasteiger partial charge < -0.3 is 24.8 Å². The Morgan fingerprint density at radius 1 is 1.18 bits per heavy atom. The molecule has 2 aliphatic rings. The topological polar surface area (TPSA) is 102 Å². The monoisotopic (exact) mass is 531 g/mol. The predicted molar refractivity (Wildman–Crippen MR) is 133 cm³/mol. The second-order valence-corrected chi connectivity index (χ2v) is 9.45. The number of aryl methyl sites for hydroxylation is 1. The number of benzene rings is 1. The number of alkyl halides is 3. The number of nitrogens with one attached hydrogen (secondary N) is 1. The van der Waals surface area contributed by atoms with Crippen LogP contribution in [0.1, 0.15) is 47.8 Å². The summed E-state index contributed by atoms with van der Waals surface area (Å²) in [5.74, 6) is -0.230. The number of amides is 1. The van der Waals surface area contributed by atoms with Gasteiger partial charge in [0.15, 0.2) is 6.23 Å². The van der Waals surface area contributed by atoms with Gasteiger partial charge in [0.25, 0.3) is 5.91 Å². The number of hydrogen-bond acceptors (Lipinski definition) is 7. The van der Waals surface area contributed by atoms with E-state index >= 15 is 0 Å². The first-order chi connectivity index (χ1) is 18.2. The number of carbonyl (C=O) groups is 1. The van der Waals surface area contributed by atoms with Crippen molar-refractivity contribution in [3.8, 4) is 17.0 Å². The Labute approximate surface area is 217 Å². The zero-order valence-corrected chi connectivity index (χ0v) is 20.7. The SMILES string of the molecule is Cc1cnn(C2CCCCO2)c1-c1cc(C(=O)Nc2ccc(OC(F)(F)F)cc2)cnc1N1CC[C@@H](O)C1. The molecule has 0 aliphatic carbocycles. The van der Waals surface area contributed by atoms with E-state index in [1.165, 1.54) is 18.3 Å². The van der Waals surface area contributed by atoms with Crippen LogP contribution in [0.5, 0.6) is 5.75 Å². The maximum Gasteiger partial charge on any atom is 0.573 e. The molecular weight excluding hydrogens is 503 g/mol. The van der Waals surface area contributed by atoms with Crippen molar-refractivity contribution in [3.05, 3.63) is 53.9 Å². The van der Waals surface area contributed by atoms with Gasteiger partial charge >= 0.3 is 6.36 Å². The lowest BCUT2D eigenvalue weighted by molar-refractivity contribution is -0.274. The molecule has 4 heterocycles. The molecular formula is C26H28F3N5O4. The molecule has 2 saturated heterocycles. The van der Waals surface area contributed by atoms with Gasteiger partial charge in [-0.15, -0.1) is 13.2 Å². The van der Waals surface area contributed by atoms with Gasteiger partial charge in [-0.2, -0.15) is 5.10 Å². The number of nitrogens with zero attached hydrogens (tertiary/aromatic N) is 4. The van der Waals surface area contributed by atoms with E-state index in [0.717, 1.165) is 42.7 Å². The van der Waals surface area contributed by atoms with Crippen LogP contribution in [0.4, 0.5) is 24.7 Å². The Morgan fingerprint density at radius 2 is 1.97 bits per heavy atom. The van der Waals surface area contributed by atoms with Crippen molar-refractivity contribution < 1.29 is 32.5 Å². The first-order valence-corrected chi connectivity index (χ1v) is 12.4. The number of carbonyl (C=O) groups excluding carboxylic acids is 1. The largest absolute Gasteiger partial charge is 0.573 e. The lowest BCUT2D eigenvalue weighted by Crippen LogP contribution is -2.25. The summed E-state index contributed by atoms with van der Waals surface area (Å²) in [6.07, 6.45) is 1.14. The quantitative estimate of drug-likeness (QED) is 0.477. The van der Waals surface area contributed by atoms with E-state index in [1.807, 2.05) is 16.5 Å². The molecule has 1 aromatic carbocycles. The van der Waals surface area contributed by atoms with E-state index in [4.69, 9.17) is 4.74 Å². The van der Waals surface area contributed by atoms with Gasteiger partial charge in [0.1, 0.15) is 11.6 Å². The van der Waals surface area contributed by atoms with Crippen molar-refractivity contribution in [3.63, 3.8) is 0 Å². The fourth-order valence-corrected chi connectivity index (χ4v) is 4.80. The van der Waals surface area contributed by atoms with Crippen LogP contribution >= 0.6 is 0 Å². The molecule has 2 aromatic heterocycles. The number of rotatable bonds is 6. The van der Waals surface area contributed by atoms with Crippen LogP contribution in [0.15, 0.2) is 42.7 Å². The number of halogens is 3. The normalized spacial score (nSPS) is 20.0. The van der Waals surface area contributed by atoms with Crippen molar-refractivity contribution >= 4 is 17.4 Å². The van der Waals surface area contributed by atoms with Crippen LogP contribution in [0.25, 0.3) is 11.3 Å². The number of aromatic nitrogens is 3. The van der Waals surface area contributed by atoms with E-state index < -0.39 is 18.4 Å². The highest BCUT2D eigenvalue weighted by Gasteiger charge is 2.31. The Balaban J connectivity index is 1.47. The molecule has 12 heteroatoms. The Kier molecular flexibility index (Phi) is 7.26. The maximum absolute atomic E-state index is 13.1. The molecule has 38 heavy (non-hydrogen) atoms. The minimum atomic E-state index is -4.80. The zero-order chi connectivity index (χ0) is 26.9. The smallest absolute Gasteiger partial charge is 0.406 e. The Bertz CT molecular complexity index is 1290. The summed E-state index contributed by atoms with van der Waals surface area (Å²) < 4.78 is 49.0. The average molecular weight is 532 g/mol. The second kappa shape index (κ2) is 10.6. The second-order valence-electron chi connectivity index (χ2n) is 9.45. The number of aliphatic hydroxyl groups excluding tert-OH is 1. The number of anilines is 2. The maximum atomic E-state index is 13.1. The number of β-amino-alcohol motifs (C(OH)–C–C–N with tert-alkyl or cyclic N) is 1. The summed E-state index contributed by atoms with van der Waals surface area (Å²) in [5.41, 5.74) is 2.92. The third kappa shape index (κ3) is 5.76. The fourth-order valence-electron chi connectivity index (χ4n) is 4.80. The van der Waals surface area contributed by atoms with Crippen molar-refractivity contribution in [1.29, 1.82) is 0 Å². The molecule has 0 bridgehead atoms. The zero-order valence-electron chi connectivity index (χ0n) is 20.7. The van der Waals surface area contributed by atoms with Gasteiger partial charge in [-0.1, -0.05) is 0 Å². The Hall–Kier alpha value is -3.64. The third-order valence-electron chi connectivity index (χ3n) is 6.60. The molecule has 3 aromatic rings. The van der Waals surface area contributed by atoms with E-state index in [1.54, 1.807) is 12.3 Å². The van der Waals surface area contributed by atoms with Gasteiger partial charge in [-0.05, 0) is 68.5 Å². The molecule has 2 fully saturated rings. The number of aliphatic hydroxyl groups is 1. The minimum absolute atomic E-state index is 0.237. The molecule has 2 atom stereocenters. The standard InChI is InChI=1S/C26H28F3N5O4/c1-16-13-31-34(22-4-2-3-11-37-22)23(16)21-12-17(14-30-24(21)33-10-9-19(35)15-33)25(36)32-18-5-7-20(8-6-18)38-26(27,28)29/h5-8,12-14,19,22,35H,2-4,9-11,15H2,1H3,(H,32,36)/t19-,22?/m1/s1. The molecule has 1 unspecified atom stereocenters. The highest BCUT2D eigenvalue weighted by molar-refractivity contribution is 6.05. The van der Waals surface area contributed by atoms with Gasteiger partial charge in [0, 0.05) is 37.1 Å². The minimum Gasteiger partial charge on any atom is -0.406 e. The van der Waals surface area contributed by atoms with Gasteiger partial charge in [-0.25, -0.2) is 9.67 Å². The number of pyridine rings is 1. The molecule has 0 radical (unpaired) electrons. The van der Waals surface area contributed by atoms with Crippen LogP contribution in [0.2, 0.25) is 0 Å². The fraction of sp³-hybridized carbons (Fsp3) is 0.423. The van der Waals surface area contributed by atoms with Crippen molar-refractivity contribution in [1.82, 2.24) is 14.8 Å². The van der Waals surface area contributed by atoms with E-state index in [-0.39, 0.29) is 17.5 Å². The Morgan fingerprint density at radius 3 is 2.63 bits per heavy atom. The van der Waals surface area contributed by atoms with Gasteiger partial charge in [0.05, 0.1) is 23.6 Å². The van der Waals surface area contributed by atoms with Crippen LogP contribution in [0, 0.1) is 6.92 Å². The summed E-state index contributed by atoms with van der Waals surface area (Å²) in [6, 6.07) is 6.63. The van der Waals surface area contributed by atoms with Crippen molar-refractivity contribution in [2.24, 2.45) is 0 Å². The molecule has 5 rings (SSSR count). The molecule has 202 valence electrons. The van der Waals surface area contributed by atoms with E-state index in [2.05, 4.69) is 20.1 Å². The summed E-state index contributed by atoms with van der Waals surface area (Å²) in [6.45, 7) is 3.61. The molecule has 0 spiro atoms. The van der Waals surface area contributed by atoms with Crippen LogP contribution < -0.4 is 15.0 Å². The van der Waals surface area contributed by atoms with Crippen molar-refractivity contribution in [2.45, 2.75) is 51.3 Å². The van der Waals surface area contributed by atoms with Gasteiger partial charge in [-0.3, -0.25) is 4.79 Å². The predicted octanol–water partition coefficient (Wildman–Crippen LogP) is 4.67. The van der Waals surface area contributed by atoms with Crippen LogP contribution in [-0.2, 0) is 4.74 Å². The third-order valence-corrected chi connectivity index (χ3v) is 6.60. The molecule has 0 saturated carbocycles. The highest BCUT2D eigenvalue weighted by Crippen LogP contribution is 2.37. The molecule has 2 N–H and O–H groups in total. The van der Waals surface area contributed by atoms with E-state index in [9.17, 15) is 23.1 Å². The summed E-state index contributed by atoms with van der Waals surface area (Å²) in [5, 5.41) is 17.4. The lowest BCUT2D eigenvalue weighted by atomic mass is 10.1. The molecule has 2 aliphatic heterocycles. The number of ether oxygens (including phenoxy) is 2. The molecule has 1 amide bonds. The summed E-state index contributed by atoms with van der Waals surface area (Å²) in [4.78, 5) is 19.8. The first kappa shape index (κ1) is 26.0.